The molecule has 1 N–H and O–H groups in total. The van der Waals surface area contributed by atoms with Gasteiger partial charge in [-0.05, 0) is 6.92 Å². The van der Waals surface area contributed by atoms with Crippen molar-refractivity contribution in [1.29, 1.82) is 0 Å². The number of hydrogen-bond acceptors (Lipinski definition) is 5. The predicted octanol–water partition coefficient (Wildman–Crippen LogP) is 2.78. The fraction of sp³-hybridized carbons (Fsp3) is 0.182. The molecule has 1 aromatic heterocycles. The zero-order valence-corrected chi connectivity index (χ0v) is 9.81. The van der Waals surface area contributed by atoms with Crippen molar-refractivity contribution in [3.8, 4) is 0 Å². The lowest BCUT2D eigenvalue weighted by Crippen LogP contribution is -2.05. The first-order valence-corrected chi connectivity index (χ1v) is 5.27. The Hall–Kier alpha value is -2.51. The summed E-state index contributed by atoms with van der Waals surface area (Å²) in [6.07, 6.45) is 0. The van der Waals surface area contributed by atoms with Crippen molar-refractivity contribution >= 4 is 11.4 Å². The minimum atomic E-state index is -1.04. The highest BCUT2D eigenvalue weighted by Crippen LogP contribution is 2.25. The molecular formula is C11H9F2N3O3. The first-order chi connectivity index (χ1) is 8.97. The van der Waals surface area contributed by atoms with Crippen molar-refractivity contribution < 1.29 is 18.2 Å². The lowest BCUT2D eigenvalue weighted by Gasteiger charge is -2.06. The summed E-state index contributed by atoms with van der Waals surface area (Å²) in [6.45, 7) is 1.73. The molecule has 1 heterocycles. The monoisotopic (exact) mass is 269 g/mol. The highest BCUT2D eigenvalue weighted by molar-refractivity contribution is 5.51. The molecule has 0 amide bonds. The number of rotatable bonds is 4. The van der Waals surface area contributed by atoms with Gasteiger partial charge >= 0.3 is 0 Å². The quantitative estimate of drug-likeness (QED) is 0.681. The molecule has 0 unspecified atom stereocenters. The Balaban J connectivity index is 2.18. The van der Waals surface area contributed by atoms with Crippen LogP contribution in [0.3, 0.4) is 0 Å². The van der Waals surface area contributed by atoms with Crippen LogP contribution in [0.2, 0.25) is 0 Å². The first kappa shape index (κ1) is 12.9. The van der Waals surface area contributed by atoms with Crippen LogP contribution in [0.15, 0.2) is 22.7 Å². The lowest BCUT2D eigenvalue weighted by atomic mass is 10.2. The maximum absolute atomic E-state index is 13.5. The van der Waals surface area contributed by atoms with Crippen molar-refractivity contribution in [3.05, 3.63) is 51.4 Å². The minimum Gasteiger partial charge on any atom is -0.374 e. The third-order valence-corrected chi connectivity index (χ3v) is 2.36. The number of nitrogens with one attached hydrogen (secondary N) is 1. The first-order valence-electron chi connectivity index (χ1n) is 5.27. The molecule has 0 saturated heterocycles. The number of hydrogen-bond donors (Lipinski definition) is 1. The molecule has 0 aliphatic rings. The van der Waals surface area contributed by atoms with Gasteiger partial charge in [0.1, 0.15) is 17.1 Å². The molecular weight excluding hydrogens is 260 g/mol. The Bertz CT molecular complexity index is 604. The Morgan fingerprint density at radius 3 is 2.47 bits per heavy atom. The van der Waals surface area contributed by atoms with Gasteiger partial charge in [0.05, 0.1) is 23.6 Å². The fourth-order valence-electron chi connectivity index (χ4n) is 1.51. The highest BCUT2D eigenvalue weighted by Gasteiger charge is 2.17. The summed E-state index contributed by atoms with van der Waals surface area (Å²) >= 11 is 0. The highest BCUT2D eigenvalue weighted by atomic mass is 19.1. The molecule has 8 heteroatoms. The van der Waals surface area contributed by atoms with E-state index in [-0.39, 0.29) is 6.54 Å². The molecule has 0 atom stereocenters. The largest absolute Gasteiger partial charge is 0.374 e. The summed E-state index contributed by atoms with van der Waals surface area (Å²) in [4.78, 5) is 9.56. The van der Waals surface area contributed by atoms with E-state index in [0.29, 0.717) is 23.6 Å². The minimum absolute atomic E-state index is 0.0446. The molecule has 2 rings (SSSR count). The Kier molecular flexibility index (Phi) is 3.41. The summed E-state index contributed by atoms with van der Waals surface area (Å²) in [5.74, 6) is -1.50. The number of aryl methyl sites for hydroxylation is 1. The molecule has 0 bridgehead atoms. The van der Waals surface area contributed by atoms with Crippen LogP contribution < -0.4 is 5.32 Å². The van der Waals surface area contributed by atoms with Crippen LogP contribution in [0, 0.1) is 28.7 Å². The smallest absolute Gasteiger partial charge is 0.275 e. The molecule has 6 nitrogen and oxygen atoms in total. The molecule has 0 aliphatic heterocycles. The number of aromatic nitrogens is 1. The molecule has 100 valence electrons. The Morgan fingerprint density at radius 2 is 2.00 bits per heavy atom. The second-order valence-electron chi connectivity index (χ2n) is 3.82. The molecule has 0 spiro atoms. The fourth-order valence-corrected chi connectivity index (χ4v) is 1.51. The van der Waals surface area contributed by atoms with E-state index in [2.05, 4.69) is 10.5 Å². The van der Waals surface area contributed by atoms with Crippen molar-refractivity contribution in [1.82, 2.24) is 5.16 Å². The number of nitro groups is 1. The van der Waals surface area contributed by atoms with Crippen LogP contribution in [0.25, 0.3) is 0 Å². The van der Waals surface area contributed by atoms with Crippen molar-refractivity contribution in [2.24, 2.45) is 0 Å². The van der Waals surface area contributed by atoms with E-state index in [4.69, 9.17) is 4.52 Å². The second kappa shape index (κ2) is 5.01. The average molecular weight is 269 g/mol. The van der Waals surface area contributed by atoms with E-state index in [0.717, 1.165) is 0 Å². The van der Waals surface area contributed by atoms with Crippen molar-refractivity contribution in [2.45, 2.75) is 13.5 Å². The maximum Gasteiger partial charge on any atom is 0.275 e. The molecule has 0 aliphatic carbocycles. The van der Waals surface area contributed by atoms with Gasteiger partial charge in [0.15, 0.2) is 11.6 Å². The van der Waals surface area contributed by atoms with E-state index in [9.17, 15) is 18.9 Å². The van der Waals surface area contributed by atoms with Crippen LogP contribution in [-0.4, -0.2) is 10.1 Å². The SMILES string of the molecule is Cc1cc(CNc2c(F)cc([N+](=O)[O-])cc2F)no1. The number of nitro benzene ring substituents is 1. The van der Waals surface area contributed by atoms with E-state index >= 15 is 0 Å². The number of nitrogens with zero attached hydrogens (tertiary/aromatic N) is 2. The second-order valence-corrected chi connectivity index (χ2v) is 3.82. The number of non-ortho nitro benzene ring substituents is 1. The van der Waals surface area contributed by atoms with E-state index in [1.807, 2.05) is 0 Å². The third kappa shape index (κ3) is 2.84. The van der Waals surface area contributed by atoms with Gasteiger partial charge < -0.3 is 9.84 Å². The standard InChI is InChI=1S/C11H9F2N3O3/c1-6-2-7(15-19-6)5-14-11-9(12)3-8(16(17)18)4-10(11)13/h2-4,14H,5H2,1H3. The van der Waals surface area contributed by atoms with Gasteiger partial charge in [-0.2, -0.15) is 0 Å². The van der Waals surface area contributed by atoms with Gasteiger partial charge in [-0.1, -0.05) is 5.16 Å². The van der Waals surface area contributed by atoms with Gasteiger partial charge in [-0.15, -0.1) is 0 Å². The van der Waals surface area contributed by atoms with Gasteiger partial charge in [0.2, 0.25) is 0 Å². The van der Waals surface area contributed by atoms with Crippen LogP contribution in [0.1, 0.15) is 11.5 Å². The number of anilines is 1. The summed E-state index contributed by atoms with van der Waals surface area (Å²) in [5.41, 5.74) is -0.612. The maximum atomic E-state index is 13.5. The Morgan fingerprint density at radius 1 is 1.37 bits per heavy atom. The Labute approximate surface area is 106 Å². The van der Waals surface area contributed by atoms with Crippen LogP contribution in [-0.2, 0) is 6.54 Å². The van der Waals surface area contributed by atoms with Gasteiger partial charge in [0, 0.05) is 6.07 Å². The van der Waals surface area contributed by atoms with E-state index in [1.165, 1.54) is 0 Å². The van der Waals surface area contributed by atoms with E-state index < -0.39 is 27.9 Å². The van der Waals surface area contributed by atoms with Crippen molar-refractivity contribution in [2.75, 3.05) is 5.32 Å². The summed E-state index contributed by atoms with van der Waals surface area (Å²) < 4.78 is 31.9. The molecule has 1 aromatic carbocycles. The lowest BCUT2D eigenvalue weighted by molar-refractivity contribution is -0.385. The third-order valence-electron chi connectivity index (χ3n) is 2.36. The van der Waals surface area contributed by atoms with Crippen LogP contribution in [0.4, 0.5) is 20.2 Å². The van der Waals surface area contributed by atoms with Crippen LogP contribution in [0.5, 0.6) is 0 Å². The number of benzene rings is 1. The zero-order valence-electron chi connectivity index (χ0n) is 9.81. The van der Waals surface area contributed by atoms with Crippen LogP contribution >= 0.6 is 0 Å². The van der Waals surface area contributed by atoms with Gasteiger partial charge in [-0.25, -0.2) is 8.78 Å². The van der Waals surface area contributed by atoms with Crippen molar-refractivity contribution in [3.63, 3.8) is 0 Å². The van der Waals surface area contributed by atoms with Gasteiger partial charge in [0.25, 0.3) is 5.69 Å². The molecule has 0 radical (unpaired) electrons. The molecule has 2 aromatic rings. The van der Waals surface area contributed by atoms with E-state index in [1.54, 1.807) is 13.0 Å². The van der Waals surface area contributed by atoms with Gasteiger partial charge in [-0.3, -0.25) is 10.1 Å². The summed E-state index contributed by atoms with van der Waals surface area (Å²) in [5, 5.41) is 16.6. The topological polar surface area (TPSA) is 81.2 Å². The molecule has 19 heavy (non-hydrogen) atoms. The zero-order chi connectivity index (χ0) is 14.0. The average Bonchev–Trinajstić information content (AvgIpc) is 2.73. The molecule has 0 fully saturated rings. The normalized spacial score (nSPS) is 10.5. The summed E-state index contributed by atoms with van der Waals surface area (Å²) in [6, 6.07) is 2.91. The predicted molar refractivity (Wildman–Crippen MR) is 61.6 cm³/mol. The summed E-state index contributed by atoms with van der Waals surface area (Å²) in [7, 11) is 0. The number of halogens is 2. The molecule has 0 saturated carbocycles.